The lowest BCUT2D eigenvalue weighted by Gasteiger charge is -2.16. The van der Waals surface area contributed by atoms with Gasteiger partial charge in [-0.25, -0.2) is 4.79 Å². The zero-order valence-electron chi connectivity index (χ0n) is 15.6. The van der Waals surface area contributed by atoms with E-state index in [1.165, 1.54) is 4.57 Å². The second-order valence-electron chi connectivity index (χ2n) is 7.50. The highest BCUT2D eigenvalue weighted by atomic mass is 16.2. The van der Waals surface area contributed by atoms with E-state index in [2.05, 4.69) is 29.5 Å². The zero-order chi connectivity index (χ0) is 18.5. The molecule has 6 heteroatoms. The standard InChI is InChI=1S/C20H28N4O2/c1-14(2)11-12-21-19-16-9-5-6-10-17(16)24(20(26)23-19)13-18(25)22-15-7-3-4-8-15/h5-6,9-10,14-15H,3-4,7-8,11-13H2,1-2H3,(H,22,25)(H,21,23,26). The third-order valence-corrected chi connectivity index (χ3v) is 4.92. The summed E-state index contributed by atoms with van der Waals surface area (Å²) in [6.07, 6.45) is 5.37. The van der Waals surface area contributed by atoms with Crippen molar-refractivity contribution >= 4 is 22.6 Å². The fourth-order valence-electron chi connectivity index (χ4n) is 3.48. The van der Waals surface area contributed by atoms with Crippen LogP contribution in [0.2, 0.25) is 0 Å². The lowest BCUT2D eigenvalue weighted by molar-refractivity contribution is -0.122. The summed E-state index contributed by atoms with van der Waals surface area (Å²) in [6.45, 7) is 5.09. The van der Waals surface area contributed by atoms with Gasteiger partial charge in [-0.15, -0.1) is 0 Å². The van der Waals surface area contributed by atoms with Crippen molar-refractivity contribution in [1.29, 1.82) is 0 Å². The lowest BCUT2D eigenvalue weighted by Crippen LogP contribution is -2.38. The minimum atomic E-state index is -0.391. The molecule has 0 radical (unpaired) electrons. The van der Waals surface area contributed by atoms with Crippen LogP contribution in [0.4, 0.5) is 5.82 Å². The first-order valence-electron chi connectivity index (χ1n) is 9.57. The van der Waals surface area contributed by atoms with Gasteiger partial charge in [0.25, 0.3) is 0 Å². The number of benzene rings is 1. The quantitative estimate of drug-likeness (QED) is 0.800. The van der Waals surface area contributed by atoms with E-state index in [0.29, 0.717) is 11.7 Å². The van der Waals surface area contributed by atoms with Crippen molar-refractivity contribution in [3.63, 3.8) is 0 Å². The average Bonchev–Trinajstić information content (AvgIpc) is 3.10. The summed E-state index contributed by atoms with van der Waals surface area (Å²) in [7, 11) is 0. The number of hydrogen-bond acceptors (Lipinski definition) is 4. The molecule has 1 amide bonds. The molecule has 1 aliphatic rings. The molecule has 0 atom stereocenters. The maximum absolute atomic E-state index is 12.6. The first-order valence-corrected chi connectivity index (χ1v) is 9.57. The Morgan fingerprint density at radius 2 is 2.00 bits per heavy atom. The fraction of sp³-hybridized carbons (Fsp3) is 0.550. The molecule has 1 aliphatic carbocycles. The van der Waals surface area contributed by atoms with Gasteiger partial charge in [-0.1, -0.05) is 38.8 Å². The van der Waals surface area contributed by atoms with Crippen molar-refractivity contribution < 1.29 is 4.79 Å². The summed E-state index contributed by atoms with van der Waals surface area (Å²) >= 11 is 0. The molecule has 2 aromatic rings. The van der Waals surface area contributed by atoms with E-state index in [0.717, 1.165) is 49.6 Å². The van der Waals surface area contributed by atoms with E-state index in [1.807, 2.05) is 24.3 Å². The van der Waals surface area contributed by atoms with E-state index in [-0.39, 0.29) is 18.5 Å². The first kappa shape index (κ1) is 18.4. The molecule has 140 valence electrons. The number of hydrogen-bond donors (Lipinski definition) is 2. The molecule has 1 aromatic carbocycles. The maximum Gasteiger partial charge on any atom is 0.350 e. The molecule has 1 fully saturated rings. The number of fused-ring (bicyclic) bond motifs is 1. The largest absolute Gasteiger partial charge is 0.369 e. The van der Waals surface area contributed by atoms with Gasteiger partial charge >= 0.3 is 5.69 Å². The summed E-state index contributed by atoms with van der Waals surface area (Å²) in [6, 6.07) is 7.85. The predicted molar refractivity (Wildman–Crippen MR) is 104 cm³/mol. The van der Waals surface area contributed by atoms with Crippen LogP contribution in [0.1, 0.15) is 46.0 Å². The zero-order valence-corrected chi connectivity index (χ0v) is 15.6. The minimum absolute atomic E-state index is 0.00905. The Labute approximate surface area is 154 Å². The summed E-state index contributed by atoms with van der Waals surface area (Å²) < 4.78 is 1.47. The molecule has 1 heterocycles. The molecular weight excluding hydrogens is 328 g/mol. The number of nitrogens with zero attached hydrogens (tertiary/aromatic N) is 2. The molecule has 1 aromatic heterocycles. The van der Waals surface area contributed by atoms with Crippen LogP contribution in [-0.4, -0.2) is 28.0 Å². The number of carbonyl (C=O) groups excluding carboxylic acids is 1. The molecule has 0 spiro atoms. The number of carbonyl (C=O) groups is 1. The number of para-hydroxylation sites is 1. The van der Waals surface area contributed by atoms with Crippen LogP contribution in [-0.2, 0) is 11.3 Å². The van der Waals surface area contributed by atoms with Crippen molar-refractivity contribution in [2.45, 2.75) is 58.5 Å². The Balaban J connectivity index is 1.83. The number of amides is 1. The normalized spacial score (nSPS) is 14.9. The van der Waals surface area contributed by atoms with Gasteiger partial charge in [0.05, 0.1) is 5.52 Å². The lowest BCUT2D eigenvalue weighted by atomic mass is 10.1. The van der Waals surface area contributed by atoms with Crippen LogP contribution in [0.25, 0.3) is 10.9 Å². The SMILES string of the molecule is CC(C)CCNc1nc(=O)n(CC(=O)NC2CCCC2)c2ccccc12. The highest BCUT2D eigenvalue weighted by Crippen LogP contribution is 2.20. The molecular formula is C20H28N4O2. The Morgan fingerprint density at radius 3 is 2.73 bits per heavy atom. The summed E-state index contributed by atoms with van der Waals surface area (Å²) in [4.78, 5) is 29.1. The molecule has 0 bridgehead atoms. The Morgan fingerprint density at radius 1 is 1.27 bits per heavy atom. The summed E-state index contributed by atoms with van der Waals surface area (Å²) in [5, 5.41) is 7.18. The van der Waals surface area contributed by atoms with Crippen molar-refractivity contribution in [2.24, 2.45) is 5.92 Å². The molecule has 0 aliphatic heterocycles. The van der Waals surface area contributed by atoms with Gasteiger partial charge in [0, 0.05) is 18.0 Å². The van der Waals surface area contributed by atoms with E-state index >= 15 is 0 Å². The van der Waals surface area contributed by atoms with E-state index in [4.69, 9.17) is 0 Å². The van der Waals surface area contributed by atoms with E-state index in [9.17, 15) is 9.59 Å². The Hall–Kier alpha value is -2.37. The van der Waals surface area contributed by atoms with Crippen LogP contribution < -0.4 is 16.3 Å². The van der Waals surface area contributed by atoms with Gasteiger partial charge in [-0.05, 0) is 37.3 Å². The van der Waals surface area contributed by atoms with E-state index in [1.54, 1.807) is 0 Å². The molecule has 6 nitrogen and oxygen atoms in total. The van der Waals surface area contributed by atoms with Gasteiger partial charge < -0.3 is 10.6 Å². The van der Waals surface area contributed by atoms with Crippen LogP contribution in [0, 0.1) is 5.92 Å². The smallest absolute Gasteiger partial charge is 0.350 e. The highest BCUT2D eigenvalue weighted by molar-refractivity contribution is 5.90. The Kier molecular flexibility index (Phi) is 5.91. The number of rotatable bonds is 7. The third-order valence-electron chi connectivity index (χ3n) is 4.92. The molecule has 26 heavy (non-hydrogen) atoms. The van der Waals surface area contributed by atoms with Crippen molar-refractivity contribution in [1.82, 2.24) is 14.9 Å². The van der Waals surface area contributed by atoms with Gasteiger partial charge in [-0.2, -0.15) is 4.98 Å². The van der Waals surface area contributed by atoms with Crippen LogP contribution in [0.15, 0.2) is 29.1 Å². The number of anilines is 1. The molecule has 3 rings (SSSR count). The van der Waals surface area contributed by atoms with Crippen molar-refractivity contribution in [2.75, 3.05) is 11.9 Å². The number of nitrogens with one attached hydrogen (secondary N) is 2. The predicted octanol–water partition coefficient (Wildman–Crippen LogP) is 2.91. The van der Waals surface area contributed by atoms with Crippen LogP contribution in [0.3, 0.4) is 0 Å². The molecule has 0 unspecified atom stereocenters. The highest BCUT2D eigenvalue weighted by Gasteiger charge is 2.18. The second-order valence-corrected chi connectivity index (χ2v) is 7.50. The van der Waals surface area contributed by atoms with E-state index < -0.39 is 5.69 Å². The second kappa shape index (κ2) is 8.34. The third kappa shape index (κ3) is 4.42. The fourth-order valence-corrected chi connectivity index (χ4v) is 3.48. The topological polar surface area (TPSA) is 76.0 Å². The van der Waals surface area contributed by atoms with Crippen LogP contribution in [0.5, 0.6) is 0 Å². The van der Waals surface area contributed by atoms with Gasteiger partial charge in [-0.3, -0.25) is 9.36 Å². The Bertz CT molecular complexity index is 822. The van der Waals surface area contributed by atoms with Crippen molar-refractivity contribution in [3.05, 3.63) is 34.7 Å². The average molecular weight is 356 g/mol. The van der Waals surface area contributed by atoms with Gasteiger partial charge in [0.15, 0.2) is 0 Å². The minimum Gasteiger partial charge on any atom is -0.369 e. The van der Waals surface area contributed by atoms with Crippen molar-refractivity contribution in [3.8, 4) is 0 Å². The summed E-state index contributed by atoms with van der Waals surface area (Å²) in [5.41, 5.74) is 0.346. The first-order chi connectivity index (χ1) is 12.5. The molecule has 2 N–H and O–H groups in total. The van der Waals surface area contributed by atoms with Crippen LogP contribution >= 0.6 is 0 Å². The monoisotopic (exact) mass is 356 g/mol. The number of aromatic nitrogens is 2. The van der Waals surface area contributed by atoms with Gasteiger partial charge in [0.1, 0.15) is 12.4 Å². The molecule has 0 saturated heterocycles. The molecule has 1 saturated carbocycles. The maximum atomic E-state index is 12.6. The summed E-state index contributed by atoms with van der Waals surface area (Å²) in [5.74, 6) is 1.05. The van der Waals surface area contributed by atoms with Gasteiger partial charge in [0.2, 0.25) is 5.91 Å².